The molecule has 3 N–H and O–H groups in total. The van der Waals surface area contributed by atoms with Gasteiger partial charge >= 0.3 is 0 Å². The average molecular weight is 297 g/mol. The maximum absolute atomic E-state index is 12.2. The van der Waals surface area contributed by atoms with Crippen molar-refractivity contribution in [2.45, 2.75) is 13.3 Å². The second-order valence-electron chi connectivity index (χ2n) is 4.90. The monoisotopic (exact) mass is 297 g/mol. The van der Waals surface area contributed by atoms with Gasteiger partial charge in [0.25, 0.3) is 5.91 Å². The van der Waals surface area contributed by atoms with Gasteiger partial charge in [-0.1, -0.05) is 6.92 Å². The highest BCUT2D eigenvalue weighted by atomic mass is 32.2. The number of hydrogen-bond acceptors (Lipinski definition) is 5. The molecule has 7 heteroatoms. The van der Waals surface area contributed by atoms with Gasteiger partial charge in [0.05, 0.1) is 11.4 Å². The van der Waals surface area contributed by atoms with E-state index in [-0.39, 0.29) is 5.91 Å². The Hall–Kier alpha value is -1.21. The summed E-state index contributed by atoms with van der Waals surface area (Å²) >= 11 is 1.99. The van der Waals surface area contributed by atoms with Crippen molar-refractivity contribution >= 4 is 23.4 Å². The number of amides is 1. The lowest BCUT2D eigenvalue weighted by atomic mass is 10.2. The number of nitrogens with zero attached hydrogens (tertiary/aromatic N) is 3. The Morgan fingerprint density at radius 3 is 2.75 bits per heavy atom. The van der Waals surface area contributed by atoms with Crippen LogP contribution in [-0.4, -0.2) is 58.3 Å². The van der Waals surface area contributed by atoms with E-state index in [1.807, 2.05) is 18.7 Å². The molecule has 0 radical (unpaired) electrons. The van der Waals surface area contributed by atoms with E-state index < -0.39 is 0 Å². The van der Waals surface area contributed by atoms with Crippen LogP contribution >= 0.6 is 11.8 Å². The van der Waals surface area contributed by atoms with Crippen molar-refractivity contribution in [3.63, 3.8) is 0 Å². The van der Waals surface area contributed by atoms with Crippen molar-refractivity contribution < 1.29 is 4.79 Å². The SMILES string of the molecule is CCc1nn(C)c(C(=O)NCCN2CCSCC2)c1N. The summed E-state index contributed by atoms with van der Waals surface area (Å²) in [6, 6.07) is 0. The van der Waals surface area contributed by atoms with Crippen LogP contribution in [0.15, 0.2) is 0 Å². The lowest BCUT2D eigenvalue weighted by Crippen LogP contribution is -2.39. The van der Waals surface area contributed by atoms with Gasteiger partial charge in [0.1, 0.15) is 5.69 Å². The molecule has 2 heterocycles. The minimum absolute atomic E-state index is 0.136. The zero-order chi connectivity index (χ0) is 14.5. The van der Waals surface area contributed by atoms with E-state index in [0.717, 1.165) is 31.7 Å². The Labute approximate surface area is 124 Å². The Kier molecular flexibility index (Phi) is 5.31. The highest BCUT2D eigenvalue weighted by Crippen LogP contribution is 2.16. The molecule has 0 bridgehead atoms. The molecule has 1 fully saturated rings. The van der Waals surface area contributed by atoms with Crippen LogP contribution in [-0.2, 0) is 13.5 Å². The summed E-state index contributed by atoms with van der Waals surface area (Å²) in [6.45, 7) is 5.73. The Morgan fingerprint density at radius 2 is 2.15 bits per heavy atom. The molecule has 2 rings (SSSR count). The first-order valence-corrected chi connectivity index (χ1v) is 8.18. The molecule has 6 nitrogen and oxygen atoms in total. The van der Waals surface area contributed by atoms with E-state index in [4.69, 9.17) is 5.73 Å². The average Bonchev–Trinajstić information content (AvgIpc) is 2.74. The van der Waals surface area contributed by atoms with Crippen LogP contribution < -0.4 is 11.1 Å². The van der Waals surface area contributed by atoms with Crippen LogP contribution in [0.3, 0.4) is 0 Å². The summed E-state index contributed by atoms with van der Waals surface area (Å²) in [5.41, 5.74) is 7.73. The predicted octanol–water partition coefficient (Wildman–Crippen LogP) is 0.343. The number of carbonyl (C=O) groups is 1. The third-order valence-electron chi connectivity index (χ3n) is 3.53. The first-order chi connectivity index (χ1) is 9.63. The number of rotatable bonds is 5. The number of anilines is 1. The highest BCUT2D eigenvalue weighted by Gasteiger charge is 2.19. The van der Waals surface area contributed by atoms with Gasteiger partial charge in [-0.05, 0) is 6.42 Å². The second-order valence-corrected chi connectivity index (χ2v) is 6.12. The molecule has 1 amide bonds. The highest BCUT2D eigenvalue weighted by molar-refractivity contribution is 7.99. The van der Waals surface area contributed by atoms with Crippen LogP contribution in [0.5, 0.6) is 0 Å². The summed E-state index contributed by atoms with van der Waals surface area (Å²) in [6.07, 6.45) is 0.735. The van der Waals surface area contributed by atoms with E-state index in [0.29, 0.717) is 17.9 Å². The fourth-order valence-electron chi connectivity index (χ4n) is 2.36. The van der Waals surface area contributed by atoms with Gasteiger partial charge in [-0.25, -0.2) is 0 Å². The third kappa shape index (κ3) is 3.46. The van der Waals surface area contributed by atoms with Crippen molar-refractivity contribution in [2.75, 3.05) is 43.4 Å². The van der Waals surface area contributed by atoms with Gasteiger partial charge in [0.2, 0.25) is 0 Å². The quantitative estimate of drug-likeness (QED) is 0.820. The molecule has 0 aliphatic carbocycles. The van der Waals surface area contributed by atoms with Crippen molar-refractivity contribution in [2.24, 2.45) is 7.05 Å². The van der Waals surface area contributed by atoms with Crippen molar-refractivity contribution in [3.8, 4) is 0 Å². The van der Waals surface area contributed by atoms with Gasteiger partial charge < -0.3 is 11.1 Å². The molecule has 0 atom stereocenters. The molecular weight excluding hydrogens is 274 g/mol. The maximum atomic E-state index is 12.2. The fourth-order valence-corrected chi connectivity index (χ4v) is 3.34. The van der Waals surface area contributed by atoms with E-state index in [1.54, 1.807) is 11.7 Å². The number of thioether (sulfide) groups is 1. The Morgan fingerprint density at radius 1 is 1.45 bits per heavy atom. The fraction of sp³-hybridized carbons (Fsp3) is 0.692. The van der Waals surface area contributed by atoms with E-state index in [9.17, 15) is 4.79 Å². The number of aromatic nitrogens is 2. The molecule has 1 aliphatic rings. The smallest absolute Gasteiger partial charge is 0.271 e. The van der Waals surface area contributed by atoms with E-state index in [2.05, 4.69) is 15.3 Å². The van der Waals surface area contributed by atoms with Gasteiger partial charge in [-0.15, -0.1) is 0 Å². The van der Waals surface area contributed by atoms with Crippen molar-refractivity contribution in [1.29, 1.82) is 0 Å². The van der Waals surface area contributed by atoms with Gasteiger partial charge in [0, 0.05) is 44.7 Å². The number of aryl methyl sites for hydroxylation is 2. The molecule has 112 valence electrons. The summed E-state index contributed by atoms with van der Waals surface area (Å²) < 4.78 is 1.57. The first-order valence-electron chi connectivity index (χ1n) is 7.03. The molecule has 0 spiro atoms. The molecule has 20 heavy (non-hydrogen) atoms. The van der Waals surface area contributed by atoms with E-state index in [1.165, 1.54) is 11.5 Å². The van der Waals surface area contributed by atoms with E-state index >= 15 is 0 Å². The lowest BCUT2D eigenvalue weighted by molar-refractivity contribution is 0.0940. The molecule has 1 saturated heterocycles. The molecule has 1 aromatic heterocycles. The zero-order valence-electron chi connectivity index (χ0n) is 12.2. The lowest BCUT2D eigenvalue weighted by Gasteiger charge is -2.25. The molecule has 0 aromatic carbocycles. The summed E-state index contributed by atoms with van der Waals surface area (Å²) in [4.78, 5) is 14.6. The molecule has 0 unspecified atom stereocenters. The minimum atomic E-state index is -0.136. The Bertz CT molecular complexity index is 468. The number of carbonyl (C=O) groups excluding carboxylic acids is 1. The topological polar surface area (TPSA) is 76.2 Å². The number of hydrogen-bond donors (Lipinski definition) is 2. The van der Waals surface area contributed by atoms with Gasteiger partial charge in [0.15, 0.2) is 0 Å². The predicted molar refractivity (Wildman–Crippen MR) is 83.1 cm³/mol. The van der Waals surface area contributed by atoms with Crippen LogP contribution in [0.2, 0.25) is 0 Å². The number of nitrogen functional groups attached to an aromatic ring is 1. The van der Waals surface area contributed by atoms with Crippen LogP contribution in [0.4, 0.5) is 5.69 Å². The molecular formula is C13H23N5OS. The summed E-state index contributed by atoms with van der Waals surface area (Å²) in [5.74, 6) is 2.23. The van der Waals surface area contributed by atoms with Gasteiger partial charge in [-0.3, -0.25) is 14.4 Å². The third-order valence-corrected chi connectivity index (χ3v) is 4.47. The summed E-state index contributed by atoms with van der Waals surface area (Å²) in [5, 5.41) is 7.20. The molecule has 1 aliphatic heterocycles. The minimum Gasteiger partial charge on any atom is -0.395 e. The summed E-state index contributed by atoms with van der Waals surface area (Å²) in [7, 11) is 1.76. The van der Waals surface area contributed by atoms with Gasteiger partial charge in [-0.2, -0.15) is 16.9 Å². The Balaban J connectivity index is 1.87. The molecule has 1 aromatic rings. The first kappa shape index (κ1) is 15.2. The second kappa shape index (κ2) is 6.99. The maximum Gasteiger partial charge on any atom is 0.271 e. The zero-order valence-corrected chi connectivity index (χ0v) is 13.0. The van der Waals surface area contributed by atoms with Crippen molar-refractivity contribution in [3.05, 3.63) is 11.4 Å². The number of nitrogens with one attached hydrogen (secondary N) is 1. The normalized spacial score (nSPS) is 16.3. The number of nitrogens with two attached hydrogens (primary N) is 1. The van der Waals surface area contributed by atoms with Crippen LogP contribution in [0.1, 0.15) is 23.1 Å². The van der Waals surface area contributed by atoms with Crippen LogP contribution in [0, 0.1) is 0 Å². The largest absolute Gasteiger partial charge is 0.395 e. The van der Waals surface area contributed by atoms with Crippen LogP contribution in [0.25, 0.3) is 0 Å². The van der Waals surface area contributed by atoms with Crippen molar-refractivity contribution in [1.82, 2.24) is 20.0 Å². The molecule has 0 saturated carbocycles. The standard InChI is InChI=1S/C13H23N5OS/c1-3-10-11(14)12(17(2)16-10)13(19)15-4-5-18-6-8-20-9-7-18/h3-9,14H2,1-2H3,(H,15,19).